The lowest BCUT2D eigenvalue weighted by atomic mass is 9.83. The number of carbonyl (C=O) groups excluding carboxylic acids is 2. The molecule has 2 aromatic heterocycles. The van der Waals surface area contributed by atoms with Crippen molar-refractivity contribution in [1.82, 2.24) is 9.47 Å². The first kappa shape index (κ1) is 27.2. The van der Waals surface area contributed by atoms with Gasteiger partial charge in [0.15, 0.2) is 12.4 Å². The molecular formula is C29H31N3O8. The molecule has 0 aliphatic carbocycles. The number of rotatable bonds is 9. The minimum Gasteiger partial charge on any atom is -0.502 e. The quantitative estimate of drug-likeness (QED) is 0.380. The summed E-state index contributed by atoms with van der Waals surface area (Å²) in [6.07, 6.45) is 0.773. The maximum atomic E-state index is 12.9. The van der Waals surface area contributed by atoms with Crippen molar-refractivity contribution in [3.05, 3.63) is 91.9 Å². The van der Waals surface area contributed by atoms with Gasteiger partial charge in [0, 0.05) is 43.4 Å². The summed E-state index contributed by atoms with van der Waals surface area (Å²) in [6, 6.07) is 13.2. The highest BCUT2D eigenvalue weighted by molar-refractivity contribution is 5.75. The molecule has 2 bridgehead atoms. The highest BCUT2D eigenvalue weighted by Crippen LogP contribution is 2.37. The number of piperidine rings is 1. The first-order chi connectivity index (χ1) is 19.2. The van der Waals surface area contributed by atoms with Crippen LogP contribution in [-0.4, -0.2) is 53.3 Å². The third kappa shape index (κ3) is 5.79. The average Bonchev–Trinajstić information content (AvgIpc) is 2.93. The number of likely N-dealkylation sites (tertiary alicyclic amines) is 1. The van der Waals surface area contributed by atoms with Crippen molar-refractivity contribution in [2.75, 3.05) is 26.8 Å². The first-order valence-electron chi connectivity index (χ1n) is 13.1. The van der Waals surface area contributed by atoms with Crippen LogP contribution >= 0.6 is 0 Å². The maximum Gasteiger partial charge on any atom is 0.306 e. The number of amides is 1. The fourth-order valence-electron chi connectivity index (χ4n) is 5.80. The van der Waals surface area contributed by atoms with Crippen molar-refractivity contribution in [1.29, 1.82) is 0 Å². The number of benzene rings is 1. The summed E-state index contributed by atoms with van der Waals surface area (Å²) in [6.45, 7) is 2.03. The summed E-state index contributed by atoms with van der Waals surface area (Å²) in [5.41, 5.74) is 6.09. The molecular weight excluding hydrogens is 518 g/mol. The second-order valence-electron chi connectivity index (χ2n) is 10.3. The van der Waals surface area contributed by atoms with Crippen LogP contribution in [0.15, 0.2) is 62.5 Å². The fraction of sp³-hybridized carbons (Fsp3) is 0.379. The Morgan fingerprint density at radius 3 is 2.70 bits per heavy atom. The van der Waals surface area contributed by atoms with E-state index >= 15 is 0 Å². The molecule has 1 aromatic carbocycles. The molecule has 1 unspecified atom stereocenters. The van der Waals surface area contributed by atoms with Crippen LogP contribution in [0.5, 0.6) is 11.5 Å². The number of nitrogens with zero attached hydrogens (tertiary/aromatic N) is 2. The summed E-state index contributed by atoms with van der Waals surface area (Å²) < 4.78 is 18.3. The largest absolute Gasteiger partial charge is 0.502 e. The Hall–Kier alpha value is -4.38. The second-order valence-corrected chi connectivity index (χ2v) is 10.3. The van der Waals surface area contributed by atoms with Gasteiger partial charge in [0.2, 0.25) is 11.2 Å². The molecule has 4 heterocycles. The van der Waals surface area contributed by atoms with Gasteiger partial charge in [-0.3, -0.25) is 24.1 Å². The van der Waals surface area contributed by atoms with Crippen LogP contribution in [0.2, 0.25) is 0 Å². The zero-order chi connectivity index (χ0) is 28.4. The van der Waals surface area contributed by atoms with Gasteiger partial charge in [-0.1, -0.05) is 18.2 Å². The van der Waals surface area contributed by atoms with E-state index in [0.29, 0.717) is 36.7 Å². The SMILES string of the molecule is COC(=O)CC(c1cccc(OCC(N)=O)c1)c1oc(CN2C[C@H]3C[C@@H](C2)c2cccc(=O)n2C3)cc(=O)c1O. The number of carbonyl (C=O) groups is 2. The summed E-state index contributed by atoms with van der Waals surface area (Å²) in [5.74, 6) is -1.60. The lowest BCUT2D eigenvalue weighted by Gasteiger charge is -2.42. The number of aromatic nitrogens is 1. The predicted octanol–water partition coefficient (Wildman–Crippen LogP) is 1.69. The van der Waals surface area contributed by atoms with Crippen LogP contribution in [0, 0.1) is 5.92 Å². The van der Waals surface area contributed by atoms with Crippen LogP contribution in [0.3, 0.4) is 0 Å². The van der Waals surface area contributed by atoms with E-state index in [2.05, 4.69) is 4.90 Å². The maximum absolute atomic E-state index is 12.9. The topological polar surface area (TPSA) is 154 Å². The predicted molar refractivity (Wildman–Crippen MR) is 143 cm³/mol. The number of esters is 1. The number of primary amides is 1. The smallest absolute Gasteiger partial charge is 0.306 e. The van der Waals surface area contributed by atoms with Gasteiger partial charge in [-0.2, -0.15) is 0 Å². The van der Waals surface area contributed by atoms with Crippen molar-refractivity contribution < 1.29 is 28.6 Å². The normalized spacial score (nSPS) is 18.9. The van der Waals surface area contributed by atoms with E-state index in [0.717, 1.165) is 18.7 Å². The molecule has 210 valence electrons. The Morgan fingerprint density at radius 1 is 1.12 bits per heavy atom. The number of hydrogen-bond donors (Lipinski definition) is 2. The number of ether oxygens (including phenoxy) is 2. The molecule has 40 heavy (non-hydrogen) atoms. The van der Waals surface area contributed by atoms with E-state index in [1.807, 2.05) is 10.6 Å². The summed E-state index contributed by atoms with van der Waals surface area (Å²) in [4.78, 5) is 50.9. The molecule has 0 radical (unpaired) electrons. The van der Waals surface area contributed by atoms with Gasteiger partial charge in [-0.25, -0.2) is 0 Å². The molecule has 11 nitrogen and oxygen atoms in total. The number of hydrogen-bond acceptors (Lipinski definition) is 9. The van der Waals surface area contributed by atoms with Gasteiger partial charge < -0.3 is 29.3 Å². The van der Waals surface area contributed by atoms with Crippen molar-refractivity contribution >= 4 is 11.9 Å². The van der Waals surface area contributed by atoms with Gasteiger partial charge >= 0.3 is 5.97 Å². The van der Waals surface area contributed by atoms with Crippen molar-refractivity contribution in [3.63, 3.8) is 0 Å². The molecule has 5 rings (SSSR count). The minimum absolute atomic E-state index is 0.00978. The number of nitrogens with two attached hydrogens (primary N) is 1. The van der Waals surface area contributed by atoms with E-state index in [1.54, 1.807) is 36.4 Å². The van der Waals surface area contributed by atoms with Crippen LogP contribution in [0.4, 0.5) is 0 Å². The highest BCUT2D eigenvalue weighted by Gasteiger charge is 2.35. The van der Waals surface area contributed by atoms with Crippen LogP contribution in [0.1, 0.15) is 47.5 Å². The zero-order valence-electron chi connectivity index (χ0n) is 22.1. The monoisotopic (exact) mass is 549 g/mol. The fourth-order valence-corrected chi connectivity index (χ4v) is 5.80. The Morgan fingerprint density at radius 2 is 1.93 bits per heavy atom. The molecule has 2 aliphatic rings. The van der Waals surface area contributed by atoms with Gasteiger partial charge in [-0.15, -0.1) is 0 Å². The van der Waals surface area contributed by atoms with Crippen LogP contribution < -0.4 is 21.5 Å². The average molecular weight is 550 g/mol. The van der Waals surface area contributed by atoms with Crippen molar-refractivity contribution in [3.8, 4) is 11.5 Å². The molecule has 2 aliphatic heterocycles. The van der Waals surface area contributed by atoms with Gasteiger partial charge in [0.1, 0.15) is 11.5 Å². The Labute approximate surface area is 229 Å². The second kappa shape index (κ2) is 11.4. The number of pyridine rings is 1. The lowest BCUT2D eigenvalue weighted by Crippen LogP contribution is -2.46. The van der Waals surface area contributed by atoms with E-state index in [-0.39, 0.29) is 36.2 Å². The number of fused-ring (bicyclic) bond motifs is 4. The van der Waals surface area contributed by atoms with E-state index < -0.39 is 29.0 Å². The first-order valence-corrected chi connectivity index (χ1v) is 13.1. The minimum atomic E-state index is -0.864. The highest BCUT2D eigenvalue weighted by atomic mass is 16.5. The molecule has 1 saturated heterocycles. The van der Waals surface area contributed by atoms with Crippen LogP contribution in [0.25, 0.3) is 0 Å². The molecule has 3 aromatic rings. The standard InChI is InChI=1S/C29H31N3O8/c1-38-27(36)11-22(18-4-2-5-20(9-18)39-16-25(30)34)29-28(37)24(33)10-21(40-29)15-31-12-17-8-19(14-31)23-6-3-7-26(35)32(23)13-17/h2-7,9-10,17,19,22,37H,8,11-16H2,1H3,(H2,30,34)/t17-,19+,22?/m1/s1. The van der Waals surface area contributed by atoms with E-state index in [1.165, 1.54) is 13.2 Å². The number of aromatic hydroxyl groups is 1. The summed E-state index contributed by atoms with van der Waals surface area (Å²) in [7, 11) is 1.25. The molecule has 0 spiro atoms. The third-order valence-corrected chi connectivity index (χ3v) is 7.49. The molecule has 0 saturated carbocycles. The Balaban J connectivity index is 1.44. The van der Waals surface area contributed by atoms with E-state index in [4.69, 9.17) is 19.6 Å². The van der Waals surface area contributed by atoms with Crippen molar-refractivity contribution in [2.24, 2.45) is 11.7 Å². The lowest BCUT2D eigenvalue weighted by molar-refractivity contribution is -0.141. The molecule has 3 atom stereocenters. The van der Waals surface area contributed by atoms with Gasteiger partial charge in [-0.05, 0) is 36.1 Å². The van der Waals surface area contributed by atoms with Crippen molar-refractivity contribution in [2.45, 2.75) is 37.8 Å². The van der Waals surface area contributed by atoms with E-state index in [9.17, 15) is 24.3 Å². The van der Waals surface area contributed by atoms with Gasteiger partial charge in [0.05, 0.1) is 26.0 Å². The Bertz CT molecular complexity index is 1540. The molecule has 11 heteroatoms. The molecule has 1 amide bonds. The third-order valence-electron chi connectivity index (χ3n) is 7.49. The van der Waals surface area contributed by atoms with Crippen LogP contribution in [-0.2, 0) is 27.4 Å². The molecule has 3 N–H and O–H groups in total. The van der Waals surface area contributed by atoms with Gasteiger partial charge in [0.25, 0.3) is 11.5 Å². The Kier molecular flexibility index (Phi) is 7.74. The molecule has 1 fully saturated rings. The number of methoxy groups -OCH3 is 1. The summed E-state index contributed by atoms with van der Waals surface area (Å²) in [5, 5.41) is 10.8. The zero-order valence-corrected chi connectivity index (χ0v) is 22.1. The summed E-state index contributed by atoms with van der Waals surface area (Å²) >= 11 is 0.